The number of rotatable bonds is 4. The van der Waals surface area contributed by atoms with Crippen LogP contribution in [0.4, 0.5) is 0 Å². The molecule has 1 aliphatic rings. The van der Waals surface area contributed by atoms with E-state index in [9.17, 15) is 4.79 Å². The molecule has 2 nitrogen and oxygen atoms in total. The Morgan fingerprint density at radius 2 is 2.06 bits per heavy atom. The zero-order chi connectivity index (χ0) is 11.5. The molecule has 2 atom stereocenters. The molecule has 1 aromatic carbocycles. The lowest BCUT2D eigenvalue weighted by molar-refractivity contribution is -0.142. The molecule has 0 radical (unpaired) electrons. The van der Waals surface area contributed by atoms with Crippen molar-refractivity contribution in [3.05, 3.63) is 35.4 Å². The van der Waals surface area contributed by atoms with Crippen LogP contribution in [-0.4, -0.2) is 13.1 Å². The lowest BCUT2D eigenvalue weighted by Crippen LogP contribution is -2.04. The van der Waals surface area contributed by atoms with Crippen molar-refractivity contribution in [1.29, 1.82) is 0 Å². The summed E-state index contributed by atoms with van der Waals surface area (Å²) < 4.78 is 4.73. The Morgan fingerprint density at radius 1 is 1.38 bits per heavy atom. The monoisotopic (exact) mass is 218 g/mol. The summed E-state index contributed by atoms with van der Waals surface area (Å²) in [7, 11) is 1.47. The predicted octanol–water partition coefficient (Wildman–Crippen LogP) is 2.74. The normalized spacial score (nSPS) is 22.9. The van der Waals surface area contributed by atoms with E-state index in [1.807, 2.05) is 0 Å². The van der Waals surface area contributed by atoms with Crippen LogP contribution in [0.3, 0.4) is 0 Å². The Bertz CT molecular complexity index is 367. The van der Waals surface area contributed by atoms with Crippen LogP contribution in [0.1, 0.15) is 24.0 Å². The van der Waals surface area contributed by atoms with Crippen LogP contribution < -0.4 is 0 Å². The summed E-state index contributed by atoms with van der Waals surface area (Å²) in [5.74, 6) is 0.693. The fourth-order valence-electron chi connectivity index (χ4n) is 2.11. The molecule has 0 aliphatic heterocycles. The van der Waals surface area contributed by atoms with Crippen molar-refractivity contribution in [2.75, 3.05) is 7.11 Å². The van der Waals surface area contributed by atoms with E-state index in [-0.39, 0.29) is 11.9 Å². The Hall–Kier alpha value is -1.31. The van der Waals surface area contributed by atoms with Gasteiger partial charge in [-0.25, -0.2) is 0 Å². The number of hydrogen-bond donors (Lipinski definition) is 0. The maximum Gasteiger partial charge on any atom is 0.308 e. The molecule has 0 spiro atoms. The molecule has 0 heterocycles. The highest BCUT2D eigenvalue weighted by Gasteiger charge is 2.43. The van der Waals surface area contributed by atoms with Crippen molar-refractivity contribution in [1.82, 2.24) is 0 Å². The average molecular weight is 218 g/mol. The van der Waals surface area contributed by atoms with Gasteiger partial charge in [-0.1, -0.05) is 29.8 Å². The number of ether oxygens (including phenoxy) is 1. The molecule has 0 amide bonds. The second-order valence-corrected chi connectivity index (χ2v) is 4.65. The molecule has 0 aromatic heterocycles. The molecule has 2 rings (SSSR count). The van der Waals surface area contributed by atoms with Crippen LogP contribution in [0, 0.1) is 18.8 Å². The second-order valence-electron chi connectivity index (χ2n) is 4.65. The van der Waals surface area contributed by atoms with Crippen LogP contribution in [0.25, 0.3) is 0 Å². The molecule has 1 aliphatic carbocycles. The molecular weight excluding hydrogens is 200 g/mol. The summed E-state index contributed by atoms with van der Waals surface area (Å²) in [5.41, 5.74) is 2.66. The van der Waals surface area contributed by atoms with Crippen LogP contribution in [0.2, 0.25) is 0 Å². The van der Waals surface area contributed by atoms with E-state index in [2.05, 4.69) is 31.2 Å². The standard InChI is InChI=1S/C14H18O2/c1-10-3-5-11(6-4-10)7-8-12-9-13(12)14(15)16-2/h3-6,12-13H,7-9H2,1-2H3. The first-order valence-electron chi connectivity index (χ1n) is 5.84. The SMILES string of the molecule is COC(=O)C1CC1CCc1ccc(C)cc1. The van der Waals surface area contributed by atoms with Crippen molar-refractivity contribution in [3.8, 4) is 0 Å². The number of carbonyl (C=O) groups excluding carboxylic acids is 1. The van der Waals surface area contributed by atoms with E-state index >= 15 is 0 Å². The van der Waals surface area contributed by atoms with Crippen molar-refractivity contribution in [3.63, 3.8) is 0 Å². The van der Waals surface area contributed by atoms with Gasteiger partial charge in [0.05, 0.1) is 13.0 Å². The van der Waals surface area contributed by atoms with Gasteiger partial charge in [0.25, 0.3) is 0 Å². The lowest BCUT2D eigenvalue weighted by Gasteiger charge is -2.01. The summed E-state index contributed by atoms with van der Waals surface area (Å²) in [6.45, 7) is 2.10. The molecule has 1 fully saturated rings. The molecule has 0 saturated heterocycles. The highest BCUT2D eigenvalue weighted by atomic mass is 16.5. The van der Waals surface area contributed by atoms with Crippen LogP contribution in [0.15, 0.2) is 24.3 Å². The van der Waals surface area contributed by atoms with E-state index < -0.39 is 0 Å². The Kier molecular flexibility index (Phi) is 3.28. The number of esters is 1. The number of benzene rings is 1. The van der Waals surface area contributed by atoms with Crippen molar-refractivity contribution in [2.45, 2.75) is 26.2 Å². The number of methoxy groups -OCH3 is 1. The molecule has 0 N–H and O–H groups in total. The first kappa shape index (κ1) is 11.2. The summed E-state index contributed by atoms with van der Waals surface area (Å²) >= 11 is 0. The fourth-order valence-corrected chi connectivity index (χ4v) is 2.11. The van der Waals surface area contributed by atoms with E-state index in [4.69, 9.17) is 4.74 Å². The average Bonchev–Trinajstić information content (AvgIpc) is 3.07. The van der Waals surface area contributed by atoms with Crippen molar-refractivity contribution < 1.29 is 9.53 Å². The Labute approximate surface area is 96.6 Å². The van der Waals surface area contributed by atoms with E-state index in [0.717, 1.165) is 19.3 Å². The fraction of sp³-hybridized carbons (Fsp3) is 0.500. The van der Waals surface area contributed by atoms with Gasteiger partial charge in [0.1, 0.15) is 0 Å². The first-order valence-corrected chi connectivity index (χ1v) is 5.84. The summed E-state index contributed by atoms with van der Waals surface area (Å²) in [5, 5.41) is 0. The first-order chi connectivity index (χ1) is 7.70. The molecule has 86 valence electrons. The maximum atomic E-state index is 11.2. The Morgan fingerprint density at radius 3 is 2.69 bits per heavy atom. The molecule has 1 aromatic rings. The van der Waals surface area contributed by atoms with Gasteiger partial charge < -0.3 is 4.74 Å². The topological polar surface area (TPSA) is 26.3 Å². The highest BCUT2D eigenvalue weighted by molar-refractivity contribution is 5.75. The molecule has 2 heteroatoms. The van der Waals surface area contributed by atoms with Gasteiger partial charge in [-0.05, 0) is 37.7 Å². The van der Waals surface area contributed by atoms with Crippen molar-refractivity contribution in [2.24, 2.45) is 11.8 Å². The van der Waals surface area contributed by atoms with Gasteiger partial charge in [-0.3, -0.25) is 4.79 Å². The molecule has 1 saturated carbocycles. The molecular formula is C14H18O2. The summed E-state index contributed by atoms with van der Waals surface area (Å²) in [6.07, 6.45) is 3.18. The lowest BCUT2D eigenvalue weighted by atomic mass is 10.1. The number of aryl methyl sites for hydroxylation is 2. The maximum absolute atomic E-state index is 11.2. The predicted molar refractivity (Wildman–Crippen MR) is 63.1 cm³/mol. The van der Waals surface area contributed by atoms with Crippen molar-refractivity contribution >= 4 is 5.97 Å². The van der Waals surface area contributed by atoms with Crippen LogP contribution in [0.5, 0.6) is 0 Å². The van der Waals surface area contributed by atoms with Gasteiger partial charge in [0.2, 0.25) is 0 Å². The summed E-state index contributed by atoms with van der Waals surface area (Å²) in [6, 6.07) is 8.62. The summed E-state index contributed by atoms with van der Waals surface area (Å²) in [4.78, 5) is 11.2. The third-order valence-electron chi connectivity index (χ3n) is 3.35. The Balaban J connectivity index is 1.77. The minimum absolute atomic E-state index is 0.0334. The number of carbonyl (C=O) groups is 1. The van der Waals surface area contributed by atoms with Crippen LogP contribution in [-0.2, 0) is 16.0 Å². The van der Waals surface area contributed by atoms with Crippen LogP contribution >= 0.6 is 0 Å². The van der Waals surface area contributed by atoms with Gasteiger partial charge in [-0.2, -0.15) is 0 Å². The van der Waals surface area contributed by atoms with Gasteiger partial charge in [0.15, 0.2) is 0 Å². The molecule has 2 unspecified atom stereocenters. The second kappa shape index (κ2) is 4.69. The minimum atomic E-state index is -0.0334. The van der Waals surface area contributed by atoms with Gasteiger partial charge in [0, 0.05) is 0 Å². The molecule has 16 heavy (non-hydrogen) atoms. The van der Waals surface area contributed by atoms with Gasteiger partial charge >= 0.3 is 5.97 Å². The smallest absolute Gasteiger partial charge is 0.308 e. The van der Waals surface area contributed by atoms with E-state index in [1.54, 1.807) is 0 Å². The van der Waals surface area contributed by atoms with E-state index in [1.165, 1.54) is 18.2 Å². The minimum Gasteiger partial charge on any atom is -0.469 e. The zero-order valence-corrected chi connectivity index (χ0v) is 9.90. The molecule has 0 bridgehead atoms. The third kappa shape index (κ3) is 2.63. The van der Waals surface area contributed by atoms with Gasteiger partial charge in [-0.15, -0.1) is 0 Å². The number of hydrogen-bond acceptors (Lipinski definition) is 2. The largest absolute Gasteiger partial charge is 0.469 e. The van der Waals surface area contributed by atoms with E-state index in [0.29, 0.717) is 5.92 Å². The quantitative estimate of drug-likeness (QED) is 0.726. The zero-order valence-electron chi connectivity index (χ0n) is 9.90. The third-order valence-corrected chi connectivity index (χ3v) is 3.35. The highest BCUT2D eigenvalue weighted by Crippen LogP contribution is 2.42.